The molecule has 1 aliphatic rings. The minimum atomic E-state index is -0.236. The van der Waals surface area contributed by atoms with E-state index in [9.17, 15) is 9.18 Å². The number of nitrogens with zero attached hydrogens (tertiary/aromatic N) is 4. The third kappa shape index (κ3) is 3.94. The predicted octanol–water partition coefficient (Wildman–Crippen LogP) is 4.57. The fraction of sp³-hybridized carbons (Fsp3) is 0.174. The molecule has 8 heteroatoms. The molecule has 0 spiro atoms. The molecule has 2 aromatic carbocycles. The molecular formula is C23H19FN4O2S. The van der Waals surface area contributed by atoms with Crippen molar-refractivity contribution in [3.05, 3.63) is 77.4 Å². The molecule has 1 saturated heterocycles. The van der Waals surface area contributed by atoms with E-state index in [1.807, 2.05) is 47.4 Å². The summed E-state index contributed by atoms with van der Waals surface area (Å²) in [6.07, 6.45) is 0. The smallest absolute Gasteiger partial charge is 0.264 e. The van der Waals surface area contributed by atoms with Gasteiger partial charge in [-0.05, 0) is 36.4 Å². The molecule has 156 valence electrons. The van der Waals surface area contributed by atoms with Crippen molar-refractivity contribution in [2.24, 2.45) is 0 Å². The first-order chi connectivity index (χ1) is 15.2. The number of aromatic nitrogens is 2. The zero-order chi connectivity index (χ0) is 21.2. The second-order valence-corrected chi connectivity index (χ2v) is 8.27. The first kappa shape index (κ1) is 19.4. The number of anilines is 1. The van der Waals surface area contributed by atoms with Crippen LogP contribution < -0.4 is 4.90 Å². The molecule has 0 saturated carbocycles. The minimum Gasteiger partial charge on any atom is -0.366 e. The van der Waals surface area contributed by atoms with Gasteiger partial charge in [0.05, 0.1) is 15.4 Å². The van der Waals surface area contributed by atoms with Gasteiger partial charge >= 0.3 is 0 Å². The number of hydrogen-bond acceptors (Lipinski definition) is 6. The number of halogens is 1. The lowest BCUT2D eigenvalue weighted by Crippen LogP contribution is -2.48. The van der Waals surface area contributed by atoms with E-state index in [0.29, 0.717) is 48.5 Å². The summed E-state index contributed by atoms with van der Waals surface area (Å²) >= 11 is 1.35. The summed E-state index contributed by atoms with van der Waals surface area (Å²) in [5.74, 6) is 0.643. The zero-order valence-electron chi connectivity index (χ0n) is 16.6. The van der Waals surface area contributed by atoms with E-state index < -0.39 is 0 Å². The topological polar surface area (TPSA) is 62.5 Å². The molecule has 3 heterocycles. The molecule has 0 bridgehead atoms. The van der Waals surface area contributed by atoms with Crippen LogP contribution in [0.3, 0.4) is 0 Å². The number of piperazine rings is 1. The van der Waals surface area contributed by atoms with Crippen LogP contribution in [0.1, 0.15) is 9.67 Å². The molecule has 2 aromatic heterocycles. The molecule has 0 N–H and O–H groups in total. The summed E-state index contributed by atoms with van der Waals surface area (Å²) in [5.41, 5.74) is 1.43. The van der Waals surface area contributed by atoms with Crippen molar-refractivity contribution in [1.82, 2.24) is 15.0 Å². The van der Waals surface area contributed by atoms with Gasteiger partial charge in [-0.15, -0.1) is 11.3 Å². The lowest BCUT2D eigenvalue weighted by Gasteiger charge is -2.36. The van der Waals surface area contributed by atoms with Crippen LogP contribution in [0.5, 0.6) is 0 Å². The average Bonchev–Trinajstić information content (AvgIpc) is 3.50. The Morgan fingerprint density at radius 1 is 0.935 bits per heavy atom. The molecule has 1 aliphatic heterocycles. The summed E-state index contributed by atoms with van der Waals surface area (Å²) in [4.78, 5) is 22.6. The van der Waals surface area contributed by atoms with E-state index in [0.717, 1.165) is 10.4 Å². The Balaban J connectivity index is 1.26. The van der Waals surface area contributed by atoms with E-state index in [1.165, 1.54) is 17.4 Å². The Hall–Kier alpha value is -3.52. The first-order valence-corrected chi connectivity index (χ1v) is 10.8. The van der Waals surface area contributed by atoms with Gasteiger partial charge in [-0.2, -0.15) is 4.98 Å². The largest absolute Gasteiger partial charge is 0.366 e. The maximum absolute atomic E-state index is 14.0. The molecule has 31 heavy (non-hydrogen) atoms. The molecule has 0 unspecified atom stereocenters. The molecule has 1 fully saturated rings. The summed E-state index contributed by atoms with van der Waals surface area (Å²) in [5, 5.41) is 4.06. The number of amides is 1. The van der Waals surface area contributed by atoms with Crippen molar-refractivity contribution < 1.29 is 13.7 Å². The summed E-state index contributed by atoms with van der Waals surface area (Å²) in [6.45, 7) is 2.27. The lowest BCUT2D eigenvalue weighted by atomic mass is 10.2. The number of benzene rings is 2. The van der Waals surface area contributed by atoms with Gasteiger partial charge < -0.3 is 14.3 Å². The molecule has 4 aromatic rings. The van der Waals surface area contributed by atoms with Crippen LogP contribution >= 0.6 is 11.3 Å². The van der Waals surface area contributed by atoms with Crippen LogP contribution in [0, 0.1) is 5.82 Å². The highest BCUT2D eigenvalue weighted by Gasteiger charge is 2.25. The summed E-state index contributed by atoms with van der Waals surface area (Å²) in [6, 6.07) is 19.9. The Morgan fingerprint density at radius 2 is 1.68 bits per heavy atom. The monoisotopic (exact) mass is 434 g/mol. The molecule has 6 nitrogen and oxygen atoms in total. The van der Waals surface area contributed by atoms with E-state index in [1.54, 1.807) is 23.1 Å². The van der Waals surface area contributed by atoms with Crippen molar-refractivity contribution in [2.45, 2.75) is 0 Å². The van der Waals surface area contributed by atoms with Gasteiger partial charge in [-0.1, -0.05) is 35.5 Å². The SMILES string of the molecule is O=C(c1ccc(-c2noc(-c3ccccc3)n2)s1)N1CCN(c2ccccc2F)CC1. The van der Waals surface area contributed by atoms with Gasteiger partial charge in [0.1, 0.15) is 5.82 Å². The third-order valence-corrected chi connectivity index (χ3v) is 6.31. The van der Waals surface area contributed by atoms with Crippen LogP contribution in [-0.2, 0) is 0 Å². The normalized spacial score (nSPS) is 14.1. The van der Waals surface area contributed by atoms with Crippen LogP contribution in [0.15, 0.2) is 71.3 Å². The highest BCUT2D eigenvalue weighted by molar-refractivity contribution is 7.17. The number of carbonyl (C=O) groups is 1. The molecule has 0 radical (unpaired) electrons. The Kier molecular flexibility index (Phi) is 5.21. The predicted molar refractivity (Wildman–Crippen MR) is 118 cm³/mol. The summed E-state index contributed by atoms with van der Waals surface area (Å²) in [7, 11) is 0. The highest BCUT2D eigenvalue weighted by atomic mass is 32.1. The molecule has 5 rings (SSSR count). The van der Waals surface area contributed by atoms with E-state index in [-0.39, 0.29) is 11.7 Å². The fourth-order valence-electron chi connectivity index (χ4n) is 3.61. The van der Waals surface area contributed by atoms with Gasteiger partial charge in [-0.3, -0.25) is 4.79 Å². The number of para-hydroxylation sites is 1. The Morgan fingerprint density at radius 3 is 2.45 bits per heavy atom. The van der Waals surface area contributed by atoms with Crippen LogP contribution in [0.4, 0.5) is 10.1 Å². The van der Waals surface area contributed by atoms with Crippen LogP contribution in [0.25, 0.3) is 22.2 Å². The zero-order valence-corrected chi connectivity index (χ0v) is 17.4. The third-order valence-electron chi connectivity index (χ3n) is 5.24. The van der Waals surface area contributed by atoms with E-state index in [4.69, 9.17) is 4.52 Å². The Labute approximate surface area is 182 Å². The van der Waals surface area contributed by atoms with Crippen molar-refractivity contribution in [2.75, 3.05) is 31.1 Å². The molecule has 0 aliphatic carbocycles. The molecule has 1 amide bonds. The van der Waals surface area contributed by atoms with Crippen molar-refractivity contribution in [3.63, 3.8) is 0 Å². The maximum atomic E-state index is 14.0. The lowest BCUT2D eigenvalue weighted by molar-refractivity contribution is 0.0751. The standard InChI is InChI=1S/C23H19FN4O2S/c24-17-8-4-5-9-18(17)27-12-14-28(15-13-27)23(29)20-11-10-19(31-20)21-25-22(30-26-21)16-6-2-1-3-7-16/h1-11H,12-15H2. The number of hydrogen-bond donors (Lipinski definition) is 0. The van der Waals surface area contributed by atoms with Gasteiger partial charge in [0.15, 0.2) is 0 Å². The average molecular weight is 434 g/mol. The Bertz CT molecular complexity index is 1200. The molecule has 0 atom stereocenters. The van der Waals surface area contributed by atoms with Crippen LogP contribution in [-0.4, -0.2) is 47.1 Å². The maximum Gasteiger partial charge on any atom is 0.264 e. The number of carbonyl (C=O) groups excluding carboxylic acids is 1. The summed E-state index contributed by atoms with van der Waals surface area (Å²) < 4.78 is 19.4. The van der Waals surface area contributed by atoms with Gasteiger partial charge in [0.2, 0.25) is 5.82 Å². The van der Waals surface area contributed by atoms with E-state index >= 15 is 0 Å². The first-order valence-electron chi connectivity index (χ1n) is 9.97. The quantitative estimate of drug-likeness (QED) is 0.471. The second-order valence-electron chi connectivity index (χ2n) is 7.18. The van der Waals surface area contributed by atoms with Gasteiger partial charge in [0.25, 0.3) is 11.8 Å². The molecular weight excluding hydrogens is 415 g/mol. The van der Waals surface area contributed by atoms with Crippen LogP contribution in [0.2, 0.25) is 0 Å². The number of thiophene rings is 1. The number of rotatable bonds is 4. The van der Waals surface area contributed by atoms with Crippen molar-refractivity contribution in [1.29, 1.82) is 0 Å². The highest BCUT2D eigenvalue weighted by Crippen LogP contribution is 2.29. The minimum absolute atomic E-state index is 0.0313. The van der Waals surface area contributed by atoms with Gasteiger partial charge in [0, 0.05) is 31.7 Å². The fourth-order valence-corrected chi connectivity index (χ4v) is 4.51. The van der Waals surface area contributed by atoms with Crippen molar-refractivity contribution in [3.8, 4) is 22.2 Å². The van der Waals surface area contributed by atoms with E-state index in [2.05, 4.69) is 10.1 Å². The van der Waals surface area contributed by atoms with Crippen molar-refractivity contribution >= 4 is 22.9 Å². The second kappa shape index (κ2) is 8.31. The van der Waals surface area contributed by atoms with Gasteiger partial charge in [-0.25, -0.2) is 4.39 Å².